The number of ether oxygens (including phenoxy) is 4. The Labute approximate surface area is 205 Å². The molecule has 0 amide bonds. The molecule has 1 aliphatic heterocycles. The molecule has 0 saturated carbocycles. The molecule has 8 heteroatoms. The summed E-state index contributed by atoms with van der Waals surface area (Å²) in [5, 5.41) is 9.78. The molecule has 0 saturated heterocycles. The van der Waals surface area contributed by atoms with Gasteiger partial charge >= 0.3 is 11.9 Å². The summed E-state index contributed by atoms with van der Waals surface area (Å²) in [6, 6.07) is 12.7. The molecule has 2 aromatic rings. The van der Waals surface area contributed by atoms with Crippen LogP contribution in [0.3, 0.4) is 0 Å². The average Bonchev–Trinajstić information content (AvgIpc) is 2.85. The van der Waals surface area contributed by atoms with Gasteiger partial charge in [-0.1, -0.05) is 30.3 Å². The molecule has 2 aromatic carbocycles. The third-order valence-electron chi connectivity index (χ3n) is 6.06. The first-order chi connectivity index (χ1) is 16.8. The van der Waals surface area contributed by atoms with Crippen LogP contribution in [0, 0.1) is 0 Å². The van der Waals surface area contributed by atoms with E-state index in [9.17, 15) is 14.7 Å². The number of aliphatic carboxylic acids is 1. The first kappa shape index (κ1) is 25.7. The number of carboxylic acids is 1. The van der Waals surface area contributed by atoms with E-state index in [4.69, 9.17) is 18.9 Å². The van der Waals surface area contributed by atoms with Crippen LogP contribution in [-0.2, 0) is 16.0 Å². The molecule has 0 fully saturated rings. The fourth-order valence-corrected chi connectivity index (χ4v) is 4.18. The Hall–Kier alpha value is -3.94. The van der Waals surface area contributed by atoms with Crippen molar-refractivity contribution in [3.8, 4) is 23.0 Å². The van der Waals surface area contributed by atoms with Crippen LogP contribution in [0.5, 0.6) is 23.0 Å². The molecule has 0 bridgehead atoms. The maximum Gasteiger partial charge on any atom is 0.345 e. The quantitative estimate of drug-likeness (QED) is 0.398. The zero-order chi connectivity index (χ0) is 25.5. The summed E-state index contributed by atoms with van der Waals surface area (Å²) in [5.74, 6) is -0.519. The number of rotatable bonds is 10. The summed E-state index contributed by atoms with van der Waals surface area (Å²) in [5.41, 5.74) is 2.18. The fraction of sp³-hybridized carbons (Fsp3) is 0.333. The van der Waals surface area contributed by atoms with E-state index in [1.807, 2.05) is 30.0 Å². The second kappa shape index (κ2) is 11.5. The molecular weight excluding hydrogens is 450 g/mol. The Kier molecular flexibility index (Phi) is 8.41. The highest BCUT2D eigenvalue weighted by molar-refractivity contribution is 5.98. The largest absolute Gasteiger partial charge is 0.493 e. The van der Waals surface area contributed by atoms with Crippen molar-refractivity contribution in [2.75, 3.05) is 27.9 Å². The number of hydrogen-bond donors (Lipinski definition) is 1. The van der Waals surface area contributed by atoms with Crippen LogP contribution < -0.4 is 18.9 Å². The molecule has 3 rings (SSSR count). The van der Waals surface area contributed by atoms with Gasteiger partial charge in [-0.25, -0.2) is 9.59 Å². The van der Waals surface area contributed by atoms with Crippen molar-refractivity contribution in [2.45, 2.75) is 32.7 Å². The lowest BCUT2D eigenvalue weighted by Crippen LogP contribution is -2.40. The number of hydrogen-bond acceptors (Lipinski definition) is 7. The first-order valence-electron chi connectivity index (χ1n) is 11.3. The molecule has 0 aromatic heterocycles. The van der Waals surface area contributed by atoms with Crippen LogP contribution >= 0.6 is 0 Å². The number of carbonyl (C=O) groups is 2. The predicted molar refractivity (Wildman–Crippen MR) is 131 cm³/mol. The molecule has 1 aliphatic rings. The number of aryl methyl sites for hydroxylation is 1. The Bertz CT molecular complexity index is 1110. The van der Waals surface area contributed by atoms with Gasteiger partial charge in [0.2, 0.25) is 5.75 Å². The zero-order valence-corrected chi connectivity index (χ0v) is 20.7. The Balaban J connectivity index is 1.87. The van der Waals surface area contributed by atoms with E-state index in [-0.39, 0.29) is 22.9 Å². The lowest BCUT2D eigenvalue weighted by molar-refractivity contribution is -0.133. The number of nitrogens with zero attached hydrogens (tertiary/aromatic N) is 1. The molecule has 8 nitrogen and oxygen atoms in total. The number of benzene rings is 2. The molecule has 35 heavy (non-hydrogen) atoms. The van der Waals surface area contributed by atoms with E-state index < -0.39 is 11.9 Å². The zero-order valence-electron chi connectivity index (χ0n) is 20.7. The van der Waals surface area contributed by atoms with Crippen LogP contribution in [0.2, 0.25) is 0 Å². The minimum absolute atomic E-state index is 0.132. The molecular formula is C27H31NO7. The number of methoxy groups -OCH3 is 3. The molecule has 186 valence electrons. The van der Waals surface area contributed by atoms with Gasteiger partial charge in [0.1, 0.15) is 5.75 Å². The van der Waals surface area contributed by atoms with Gasteiger partial charge in [-0.3, -0.25) is 0 Å². The third-order valence-corrected chi connectivity index (χ3v) is 6.06. The lowest BCUT2D eigenvalue weighted by Gasteiger charge is -2.36. The molecule has 0 aliphatic carbocycles. The van der Waals surface area contributed by atoms with Crippen molar-refractivity contribution in [1.29, 1.82) is 0 Å². The van der Waals surface area contributed by atoms with E-state index in [0.29, 0.717) is 29.5 Å². The summed E-state index contributed by atoms with van der Waals surface area (Å²) in [6.45, 7) is 4.22. The number of allylic oxidation sites excluding steroid dienone is 1. The third kappa shape index (κ3) is 5.77. The van der Waals surface area contributed by atoms with Crippen LogP contribution in [0.1, 0.15) is 25.8 Å². The van der Waals surface area contributed by atoms with Crippen molar-refractivity contribution < 1.29 is 33.6 Å². The van der Waals surface area contributed by atoms with E-state index in [1.165, 1.54) is 45.1 Å². The van der Waals surface area contributed by atoms with Gasteiger partial charge < -0.3 is 29.0 Å². The highest BCUT2D eigenvalue weighted by Gasteiger charge is 2.32. The second-order valence-electron chi connectivity index (χ2n) is 8.11. The summed E-state index contributed by atoms with van der Waals surface area (Å²) < 4.78 is 21.6. The molecule has 1 N–H and O–H groups in total. The summed E-state index contributed by atoms with van der Waals surface area (Å²) >= 11 is 0. The van der Waals surface area contributed by atoms with Crippen LogP contribution in [0.15, 0.2) is 65.4 Å². The first-order valence-corrected chi connectivity index (χ1v) is 11.3. The normalized spacial score (nSPS) is 15.4. The van der Waals surface area contributed by atoms with Gasteiger partial charge in [-0.2, -0.15) is 0 Å². The summed E-state index contributed by atoms with van der Waals surface area (Å²) in [4.78, 5) is 27.1. The molecule has 0 radical (unpaired) electrons. The van der Waals surface area contributed by atoms with E-state index in [2.05, 4.69) is 12.1 Å². The van der Waals surface area contributed by atoms with Crippen molar-refractivity contribution in [1.82, 2.24) is 4.90 Å². The number of carbonyl (C=O) groups excluding carboxylic acids is 1. The van der Waals surface area contributed by atoms with Crippen molar-refractivity contribution >= 4 is 11.9 Å². The van der Waals surface area contributed by atoms with Crippen LogP contribution in [-0.4, -0.2) is 55.9 Å². The predicted octanol–water partition coefficient (Wildman–Crippen LogP) is 4.24. The lowest BCUT2D eigenvalue weighted by atomic mass is 9.96. The topological polar surface area (TPSA) is 94.5 Å². The van der Waals surface area contributed by atoms with Gasteiger partial charge in [0.25, 0.3) is 0 Å². The standard InChI is InChI=1S/C27H31NO7/c1-17-21(26(29)30)16-22(18(2)28(17)13-9-12-19-10-7-6-8-11-19)27(31)35-20-14-23(32-3)25(34-5)24(15-20)33-4/h6-8,10-11,14-17H,9,12-13H2,1-5H3,(H,29,30). The van der Waals surface area contributed by atoms with Gasteiger partial charge in [-0.05, 0) is 38.3 Å². The molecule has 1 heterocycles. The molecule has 1 unspecified atom stereocenters. The van der Waals surface area contributed by atoms with Crippen molar-refractivity contribution in [3.05, 3.63) is 70.9 Å². The Morgan fingerprint density at radius 1 is 1.00 bits per heavy atom. The Morgan fingerprint density at radius 3 is 2.17 bits per heavy atom. The van der Waals surface area contributed by atoms with Gasteiger partial charge in [0, 0.05) is 24.4 Å². The Morgan fingerprint density at radius 2 is 1.63 bits per heavy atom. The summed E-state index contributed by atoms with van der Waals surface area (Å²) in [6.07, 6.45) is 3.04. The van der Waals surface area contributed by atoms with Crippen LogP contribution in [0.25, 0.3) is 0 Å². The van der Waals surface area contributed by atoms with Crippen molar-refractivity contribution in [2.24, 2.45) is 0 Å². The van der Waals surface area contributed by atoms with Gasteiger partial charge in [0.15, 0.2) is 11.5 Å². The minimum Gasteiger partial charge on any atom is -0.493 e. The van der Waals surface area contributed by atoms with Gasteiger partial charge in [-0.15, -0.1) is 0 Å². The minimum atomic E-state index is -1.07. The van der Waals surface area contributed by atoms with E-state index >= 15 is 0 Å². The monoisotopic (exact) mass is 481 g/mol. The maximum atomic E-state index is 13.2. The smallest absolute Gasteiger partial charge is 0.345 e. The SMILES string of the molecule is COc1cc(OC(=O)C2=C(C)N(CCCc3ccccc3)C(C)C(C(=O)O)=C2)cc(OC)c1OC. The van der Waals surface area contributed by atoms with Crippen LogP contribution in [0.4, 0.5) is 0 Å². The van der Waals surface area contributed by atoms with E-state index in [1.54, 1.807) is 6.92 Å². The molecule has 0 spiro atoms. The summed E-state index contributed by atoms with van der Waals surface area (Å²) in [7, 11) is 4.41. The fourth-order valence-electron chi connectivity index (χ4n) is 4.18. The number of carboxylic acid groups (broad SMARTS) is 1. The highest BCUT2D eigenvalue weighted by atomic mass is 16.5. The number of esters is 1. The maximum absolute atomic E-state index is 13.2. The van der Waals surface area contributed by atoms with E-state index in [0.717, 1.165) is 12.8 Å². The molecule has 1 atom stereocenters. The van der Waals surface area contributed by atoms with Crippen molar-refractivity contribution in [3.63, 3.8) is 0 Å². The highest BCUT2D eigenvalue weighted by Crippen LogP contribution is 2.41. The van der Waals surface area contributed by atoms with Gasteiger partial charge in [0.05, 0.1) is 38.5 Å². The second-order valence-corrected chi connectivity index (χ2v) is 8.11. The average molecular weight is 482 g/mol.